The number of ether oxygens (including phenoxy) is 2. The molecule has 0 saturated carbocycles. The van der Waals surface area contributed by atoms with Crippen LogP contribution in [0, 0.1) is 17.0 Å². The van der Waals surface area contributed by atoms with E-state index in [0.717, 1.165) is 15.9 Å². The maximum Gasteiger partial charge on any atom is 0.273 e. The lowest BCUT2D eigenvalue weighted by atomic mass is 10.0. The summed E-state index contributed by atoms with van der Waals surface area (Å²) in [6.45, 7) is 4.54. The Morgan fingerprint density at radius 1 is 0.880 bits per heavy atom. The number of methoxy groups -OCH3 is 2. The number of nitrogens with zero attached hydrogens (tertiary/aromatic N) is 3. The van der Waals surface area contributed by atoms with Gasteiger partial charge in [0.2, 0.25) is 11.8 Å². The van der Waals surface area contributed by atoms with E-state index in [4.69, 9.17) is 9.47 Å². The van der Waals surface area contributed by atoms with Crippen molar-refractivity contribution in [3.8, 4) is 11.5 Å². The Kier molecular flexibility index (Phi) is 12.6. The van der Waals surface area contributed by atoms with Crippen molar-refractivity contribution in [3.63, 3.8) is 0 Å². The molecule has 4 rings (SSSR count). The predicted molar refractivity (Wildman–Crippen MR) is 191 cm³/mol. The first kappa shape index (κ1) is 37.4. The highest BCUT2D eigenvalue weighted by molar-refractivity contribution is 7.92. The van der Waals surface area contributed by atoms with E-state index in [1.165, 1.54) is 50.3 Å². The Labute approximate surface area is 292 Å². The van der Waals surface area contributed by atoms with Crippen molar-refractivity contribution < 1.29 is 32.4 Å². The summed E-state index contributed by atoms with van der Waals surface area (Å²) in [5.41, 5.74) is 1.47. The first-order valence-corrected chi connectivity index (χ1v) is 17.5. The minimum atomic E-state index is -4.57. The zero-order valence-electron chi connectivity index (χ0n) is 28.7. The summed E-state index contributed by atoms with van der Waals surface area (Å²) < 4.78 is 40.3. The smallest absolute Gasteiger partial charge is 0.273 e. The minimum absolute atomic E-state index is 0.0477. The average Bonchev–Trinajstić information content (AvgIpc) is 3.12. The van der Waals surface area contributed by atoms with Gasteiger partial charge in [0.1, 0.15) is 24.1 Å². The minimum Gasteiger partial charge on any atom is -0.497 e. The molecule has 0 aliphatic carbocycles. The van der Waals surface area contributed by atoms with Crippen LogP contribution in [0.5, 0.6) is 11.5 Å². The predicted octanol–water partition coefficient (Wildman–Crippen LogP) is 5.67. The van der Waals surface area contributed by atoms with Gasteiger partial charge < -0.3 is 19.7 Å². The van der Waals surface area contributed by atoms with E-state index < -0.39 is 39.3 Å². The number of amides is 2. The molecule has 0 aliphatic heterocycles. The molecule has 13 heteroatoms. The molecule has 1 N–H and O–H groups in total. The third-order valence-electron chi connectivity index (χ3n) is 8.36. The second-order valence-electron chi connectivity index (χ2n) is 11.8. The summed E-state index contributed by atoms with van der Waals surface area (Å²) in [5, 5.41) is 14.8. The number of carbonyl (C=O) groups is 2. The molecule has 0 fully saturated rings. The second kappa shape index (κ2) is 16.8. The molecule has 0 unspecified atom stereocenters. The van der Waals surface area contributed by atoms with Crippen molar-refractivity contribution in [1.82, 2.24) is 10.2 Å². The summed E-state index contributed by atoms with van der Waals surface area (Å²) in [6, 6.07) is 24.7. The Morgan fingerprint density at radius 2 is 1.54 bits per heavy atom. The maximum atomic E-state index is 14.7. The van der Waals surface area contributed by atoms with Gasteiger partial charge in [0, 0.05) is 30.6 Å². The molecule has 2 amide bonds. The molecule has 0 bridgehead atoms. The van der Waals surface area contributed by atoms with Gasteiger partial charge in [-0.05, 0) is 73.9 Å². The van der Waals surface area contributed by atoms with E-state index in [2.05, 4.69) is 5.32 Å². The first-order valence-electron chi connectivity index (χ1n) is 16.1. The number of benzene rings is 4. The first-order chi connectivity index (χ1) is 23.9. The molecule has 0 radical (unpaired) electrons. The van der Waals surface area contributed by atoms with Gasteiger partial charge in [-0.1, -0.05) is 55.5 Å². The van der Waals surface area contributed by atoms with Gasteiger partial charge in [-0.25, -0.2) is 8.42 Å². The quantitative estimate of drug-likeness (QED) is 0.116. The Morgan fingerprint density at radius 3 is 2.16 bits per heavy atom. The normalized spacial score (nSPS) is 12.3. The van der Waals surface area contributed by atoms with Crippen molar-refractivity contribution in [2.45, 2.75) is 57.1 Å². The Hall–Kier alpha value is -5.43. The molecule has 50 heavy (non-hydrogen) atoms. The fraction of sp³-hybridized carbons (Fsp3) is 0.297. The molecule has 2 atom stereocenters. The molecular weight excluding hydrogens is 660 g/mol. The standard InChI is InChI=1S/C37H42N4O8S/c1-6-27(3)38-37(43)35(22-28-11-8-7-9-12-28)39(24-29-13-10-14-32(21-29)49-5)36(42)25-40(30-16-18-31(48-4)19-17-30)50(46,47)33-20-15-26(2)34(23-33)41(44)45/h7-21,23,27,35H,6,22,24-25H2,1-5H3,(H,38,43)/t27-,35+/m1/s1. The highest BCUT2D eigenvalue weighted by Gasteiger charge is 2.35. The van der Waals surface area contributed by atoms with Crippen LogP contribution in [0.25, 0.3) is 0 Å². The van der Waals surface area contributed by atoms with E-state index in [1.807, 2.05) is 44.2 Å². The SMILES string of the molecule is CC[C@@H](C)NC(=O)[C@H](Cc1ccccc1)N(Cc1cccc(OC)c1)C(=O)CN(c1ccc(OC)cc1)S(=O)(=O)c1ccc(C)c([N+](=O)[O-])c1. The van der Waals surface area contributed by atoms with Crippen molar-refractivity contribution in [1.29, 1.82) is 0 Å². The summed E-state index contributed by atoms with van der Waals surface area (Å²) in [6.07, 6.45) is 0.804. The van der Waals surface area contributed by atoms with Crippen molar-refractivity contribution >= 4 is 33.2 Å². The zero-order chi connectivity index (χ0) is 36.4. The van der Waals surface area contributed by atoms with E-state index >= 15 is 0 Å². The Bertz CT molecular complexity index is 1900. The topological polar surface area (TPSA) is 148 Å². The van der Waals surface area contributed by atoms with Gasteiger partial charge in [-0.15, -0.1) is 0 Å². The largest absolute Gasteiger partial charge is 0.497 e. The third-order valence-corrected chi connectivity index (χ3v) is 10.1. The summed E-state index contributed by atoms with van der Waals surface area (Å²) in [4.78, 5) is 40.8. The lowest BCUT2D eigenvalue weighted by Gasteiger charge is -2.34. The highest BCUT2D eigenvalue weighted by atomic mass is 32.2. The van der Waals surface area contributed by atoms with E-state index in [-0.39, 0.29) is 40.8 Å². The fourth-order valence-electron chi connectivity index (χ4n) is 5.31. The summed E-state index contributed by atoms with van der Waals surface area (Å²) in [7, 11) is -1.58. The van der Waals surface area contributed by atoms with Gasteiger partial charge in [-0.3, -0.25) is 24.0 Å². The zero-order valence-corrected chi connectivity index (χ0v) is 29.6. The molecular formula is C37H42N4O8S. The van der Waals surface area contributed by atoms with E-state index in [0.29, 0.717) is 23.5 Å². The van der Waals surface area contributed by atoms with Gasteiger partial charge in [0.05, 0.1) is 29.7 Å². The number of sulfonamides is 1. The Balaban J connectivity index is 1.86. The van der Waals surface area contributed by atoms with Crippen molar-refractivity contribution in [2.75, 3.05) is 25.1 Å². The van der Waals surface area contributed by atoms with Gasteiger partial charge in [-0.2, -0.15) is 0 Å². The number of hydrogen-bond donors (Lipinski definition) is 1. The van der Waals surface area contributed by atoms with Crippen LogP contribution in [0.3, 0.4) is 0 Å². The van der Waals surface area contributed by atoms with Crippen LogP contribution >= 0.6 is 0 Å². The van der Waals surface area contributed by atoms with Gasteiger partial charge in [0.25, 0.3) is 15.7 Å². The van der Waals surface area contributed by atoms with Crippen LogP contribution < -0.4 is 19.1 Å². The number of rotatable bonds is 16. The molecule has 0 spiro atoms. The third kappa shape index (κ3) is 9.17. The molecule has 0 aliphatic rings. The highest BCUT2D eigenvalue weighted by Crippen LogP contribution is 2.30. The van der Waals surface area contributed by atoms with Crippen molar-refractivity contribution in [2.24, 2.45) is 0 Å². The van der Waals surface area contributed by atoms with Crippen LogP contribution in [0.2, 0.25) is 0 Å². The van der Waals surface area contributed by atoms with Gasteiger partial charge in [0.15, 0.2) is 0 Å². The van der Waals surface area contributed by atoms with Crippen LogP contribution in [-0.2, 0) is 32.6 Å². The number of nitro groups is 1. The number of anilines is 1. The average molecular weight is 703 g/mol. The van der Waals surface area contributed by atoms with E-state index in [1.54, 1.807) is 36.4 Å². The fourth-order valence-corrected chi connectivity index (χ4v) is 6.75. The van der Waals surface area contributed by atoms with Crippen molar-refractivity contribution in [3.05, 3.63) is 124 Å². The molecule has 4 aromatic rings. The van der Waals surface area contributed by atoms with Crippen LogP contribution in [0.15, 0.2) is 102 Å². The summed E-state index contributed by atoms with van der Waals surface area (Å²) >= 11 is 0. The molecule has 0 saturated heterocycles. The number of aryl methyl sites for hydroxylation is 1. The van der Waals surface area contributed by atoms with Crippen LogP contribution in [-0.4, -0.2) is 62.9 Å². The second-order valence-corrected chi connectivity index (χ2v) is 13.7. The maximum absolute atomic E-state index is 14.7. The molecule has 12 nitrogen and oxygen atoms in total. The lowest BCUT2D eigenvalue weighted by Crippen LogP contribution is -2.54. The lowest BCUT2D eigenvalue weighted by molar-refractivity contribution is -0.385. The summed E-state index contributed by atoms with van der Waals surface area (Å²) in [5.74, 6) is -0.0730. The monoisotopic (exact) mass is 702 g/mol. The molecule has 0 heterocycles. The number of carbonyl (C=O) groups excluding carboxylic acids is 2. The van der Waals surface area contributed by atoms with Gasteiger partial charge >= 0.3 is 0 Å². The number of nitro benzene ring substituents is 1. The van der Waals surface area contributed by atoms with E-state index in [9.17, 15) is 28.1 Å². The molecule has 0 aromatic heterocycles. The van der Waals surface area contributed by atoms with Crippen LogP contribution in [0.4, 0.5) is 11.4 Å². The number of nitrogens with one attached hydrogen (secondary N) is 1. The van der Waals surface area contributed by atoms with Crippen LogP contribution in [0.1, 0.15) is 37.0 Å². The number of hydrogen-bond acceptors (Lipinski definition) is 8. The molecule has 264 valence electrons. The molecule has 4 aromatic carbocycles.